The zero-order valence-electron chi connectivity index (χ0n) is 18.2. The van der Waals surface area contributed by atoms with Crippen molar-refractivity contribution in [2.24, 2.45) is 0 Å². The Morgan fingerprint density at radius 2 is 1.72 bits per heavy atom. The summed E-state index contributed by atoms with van der Waals surface area (Å²) < 4.78 is 0. The molecule has 0 aliphatic heterocycles. The topological polar surface area (TPSA) is 49.4 Å². The molecule has 0 unspecified atom stereocenters. The molecule has 0 saturated heterocycles. The maximum Gasteiger partial charge on any atom is 0.242 e. The fourth-order valence-electron chi connectivity index (χ4n) is 3.24. The van der Waals surface area contributed by atoms with Crippen LogP contribution < -0.4 is 5.32 Å². The second-order valence-corrected chi connectivity index (χ2v) is 7.75. The van der Waals surface area contributed by atoms with Gasteiger partial charge in [0.25, 0.3) is 0 Å². The smallest absolute Gasteiger partial charge is 0.242 e. The van der Waals surface area contributed by atoms with Gasteiger partial charge in [-0.1, -0.05) is 67.4 Å². The summed E-state index contributed by atoms with van der Waals surface area (Å²) in [5.74, 6) is -0.0808. The van der Waals surface area contributed by atoms with Gasteiger partial charge >= 0.3 is 0 Å². The lowest BCUT2D eigenvalue weighted by Gasteiger charge is -2.29. The van der Waals surface area contributed by atoms with E-state index >= 15 is 0 Å². The van der Waals surface area contributed by atoms with Crippen LogP contribution in [0.1, 0.15) is 55.4 Å². The molecular formula is C25H34N2O2. The third kappa shape index (κ3) is 7.04. The zero-order valence-corrected chi connectivity index (χ0v) is 18.2. The number of hydrogen-bond donors (Lipinski definition) is 1. The zero-order chi connectivity index (χ0) is 21.2. The first-order valence-electron chi connectivity index (χ1n) is 10.6. The van der Waals surface area contributed by atoms with Crippen molar-refractivity contribution in [3.05, 3.63) is 70.8 Å². The van der Waals surface area contributed by atoms with Crippen molar-refractivity contribution in [3.8, 4) is 0 Å². The Morgan fingerprint density at radius 3 is 2.38 bits per heavy atom. The highest BCUT2D eigenvalue weighted by Crippen LogP contribution is 2.16. The molecule has 1 N–H and O–H groups in total. The quantitative estimate of drug-likeness (QED) is 0.600. The molecule has 0 radical (unpaired) electrons. The van der Waals surface area contributed by atoms with Gasteiger partial charge in [-0.2, -0.15) is 0 Å². The Balaban J connectivity index is 2.11. The van der Waals surface area contributed by atoms with E-state index in [4.69, 9.17) is 0 Å². The molecular weight excluding hydrogens is 360 g/mol. The molecule has 29 heavy (non-hydrogen) atoms. The number of amides is 2. The summed E-state index contributed by atoms with van der Waals surface area (Å²) in [6, 6.07) is 15.8. The summed E-state index contributed by atoms with van der Waals surface area (Å²) in [6.07, 6.45) is 3.03. The van der Waals surface area contributed by atoms with Crippen molar-refractivity contribution >= 4 is 11.8 Å². The Hall–Kier alpha value is -2.62. The van der Waals surface area contributed by atoms with Crippen LogP contribution in [0.25, 0.3) is 0 Å². The number of benzene rings is 2. The molecule has 0 aromatic heterocycles. The van der Waals surface area contributed by atoms with Crippen molar-refractivity contribution in [1.82, 2.24) is 10.2 Å². The summed E-state index contributed by atoms with van der Waals surface area (Å²) in [4.78, 5) is 27.5. The second kappa shape index (κ2) is 11.4. The van der Waals surface area contributed by atoms with Crippen molar-refractivity contribution in [2.45, 2.75) is 66.0 Å². The van der Waals surface area contributed by atoms with Crippen LogP contribution in [0.3, 0.4) is 0 Å². The van der Waals surface area contributed by atoms with Gasteiger partial charge in [0.15, 0.2) is 0 Å². The molecule has 4 heteroatoms. The fraction of sp³-hybridized carbons (Fsp3) is 0.440. The van der Waals surface area contributed by atoms with E-state index in [0.717, 1.165) is 29.5 Å². The summed E-state index contributed by atoms with van der Waals surface area (Å²) in [5.41, 5.74) is 4.55. The maximum absolute atomic E-state index is 13.1. The van der Waals surface area contributed by atoms with E-state index in [-0.39, 0.29) is 11.8 Å². The van der Waals surface area contributed by atoms with Crippen molar-refractivity contribution in [3.63, 3.8) is 0 Å². The van der Waals surface area contributed by atoms with Gasteiger partial charge in [0.1, 0.15) is 6.04 Å². The van der Waals surface area contributed by atoms with Crippen LogP contribution in [0, 0.1) is 13.8 Å². The van der Waals surface area contributed by atoms with Gasteiger partial charge in [0, 0.05) is 19.5 Å². The minimum atomic E-state index is -0.503. The summed E-state index contributed by atoms with van der Waals surface area (Å²) in [7, 11) is 0. The van der Waals surface area contributed by atoms with E-state index in [2.05, 4.69) is 43.4 Å². The maximum atomic E-state index is 13.1. The van der Waals surface area contributed by atoms with Crippen LogP contribution in [0.5, 0.6) is 0 Å². The van der Waals surface area contributed by atoms with Crippen LogP contribution in [0.2, 0.25) is 0 Å². The third-order valence-corrected chi connectivity index (χ3v) is 5.35. The van der Waals surface area contributed by atoms with E-state index in [1.807, 2.05) is 38.1 Å². The minimum Gasteiger partial charge on any atom is -0.354 e. The lowest BCUT2D eigenvalue weighted by atomic mass is 10.0. The highest BCUT2D eigenvalue weighted by atomic mass is 16.2. The summed E-state index contributed by atoms with van der Waals surface area (Å²) in [6.45, 7) is 9.10. The van der Waals surface area contributed by atoms with Gasteiger partial charge in [-0.15, -0.1) is 0 Å². The number of hydrogen-bond acceptors (Lipinski definition) is 2. The molecule has 2 rings (SSSR count). The number of aryl methyl sites for hydroxylation is 3. The normalized spacial score (nSPS) is 11.7. The van der Waals surface area contributed by atoms with Crippen LogP contribution in [0.15, 0.2) is 48.5 Å². The van der Waals surface area contributed by atoms with Gasteiger partial charge in [-0.25, -0.2) is 0 Å². The van der Waals surface area contributed by atoms with Crippen molar-refractivity contribution in [1.29, 1.82) is 0 Å². The lowest BCUT2D eigenvalue weighted by molar-refractivity contribution is -0.140. The predicted octanol–water partition coefficient (Wildman–Crippen LogP) is 4.57. The van der Waals surface area contributed by atoms with Gasteiger partial charge in [-0.05, 0) is 50.3 Å². The fourth-order valence-corrected chi connectivity index (χ4v) is 3.24. The highest BCUT2D eigenvalue weighted by Gasteiger charge is 2.26. The van der Waals surface area contributed by atoms with E-state index in [1.54, 1.807) is 4.90 Å². The minimum absolute atomic E-state index is 0.00645. The van der Waals surface area contributed by atoms with Gasteiger partial charge in [-0.3, -0.25) is 9.59 Å². The standard InChI is InChI=1S/C25H34N2O2/c1-5-6-17-26-25(29)21(4)27(18-23-10-8-7-9-20(23)3)24(28)16-15-22-13-11-19(2)12-14-22/h7-14,21H,5-6,15-18H2,1-4H3,(H,26,29)/t21-/m0/s1. The largest absolute Gasteiger partial charge is 0.354 e. The van der Waals surface area contributed by atoms with Crippen LogP contribution in [-0.4, -0.2) is 29.3 Å². The molecule has 4 nitrogen and oxygen atoms in total. The van der Waals surface area contributed by atoms with Crippen LogP contribution in [-0.2, 0) is 22.6 Å². The summed E-state index contributed by atoms with van der Waals surface area (Å²) in [5, 5.41) is 2.97. The monoisotopic (exact) mass is 394 g/mol. The SMILES string of the molecule is CCCCNC(=O)[C@H](C)N(Cc1ccccc1C)C(=O)CCc1ccc(C)cc1. The highest BCUT2D eigenvalue weighted by molar-refractivity contribution is 5.87. The van der Waals surface area contributed by atoms with Crippen molar-refractivity contribution < 1.29 is 9.59 Å². The molecule has 0 bridgehead atoms. The van der Waals surface area contributed by atoms with Gasteiger partial charge < -0.3 is 10.2 Å². The molecule has 0 heterocycles. The molecule has 2 amide bonds. The van der Waals surface area contributed by atoms with Crippen molar-refractivity contribution in [2.75, 3.05) is 6.54 Å². The Bertz CT molecular complexity index is 799. The number of carbonyl (C=O) groups is 2. The van der Waals surface area contributed by atoms with E-state index in [9.17, 15) is 9.59 Å². The van der Waals surface area contributed by atoms with Crippen LogP contribution in [0.4, 0.5) is 0 Å². The average Bonchev–Trinajstić information content (AvgIpc) is 2.72. The Labute approximate surface area is 175 Å². The number of nitrogens with zero attached hydrogens (tertiary/aromatic N) is 1. The molecule has 2 aromatic carbocycles. The van der Waals surface area contributed by atoms with E-state index in [0.29, 0.717) is 25.9 Å². The molecule has 0 aliphatic rings. The number of carbonyl (C=O) groups excluding carboxylic acids is 2. The molecule has 0 spiro atoms. The molecule has 0 saturated carbocycles. The molecule has 0 fully saturated rings. The van der Waals surface area contributed by atoms with E-state index < -0.39 is 6.04 Å². The first kappa shape index (κ1) is 22.7. The predicted molar refractivity (Wildman–Crippen MR) is 119 cm³/mol. The molecule has 2 aromatic rings. The number of rotatable bonds is 10. The molecule has 0 aliphatic carbocycles. The lowest BCUT2D eigenvalue weighted by Crippen LogP contribution is -2.48. The Kier molecular flexibility index (Phi) is 8.91. The average molecular weight is 395 g/mol. The summed E-state index contributed by atoms with van der Waals surface area (Å²) >= 11 is 0. The second-order valence-electron chi connectivity index (χ2n) is 7.75. The van der Waals surface area contributed by atoms with Gasteiger partial charge in [0.05, 0.1) is 0 Å². The van der Waals surface area contributed by atoms with Gasteiger partial charge in [0.2, 0.25) is 11.8 Å². The molecule has 1 atom stereocenters. The van der Waals surface area contributed by atoms with Crippen LogP contribution >= 0.6 is 0 Å². The Morgan fingerprint density at radius 1 is 1.03 bits per heavy atom. The first-order chi connectivity index (χ1) is 13.9. The molecule has 156 valence electrons. The number of unbranched alkanes of at least 4 members (excludes halogenated alkanes) is 1. The third-order valence-electron chi connectivity index (χ3n) is 5.35. The number of nitrogens with one attached hydrogen (secondary N) is 1. The van der Waals surface area contributed by atoms with E-state index in [1.165, 1.54) is 5.56 Å². The first-order valence-corrected chi connectivity index (χ1v) is 10.6.